The number of nitrogens with zero attached hydrogens (tertiary/aromatic N) is 1. The van der Waals surface area contributed by atoms with Crippen LogP contribution in [0.4, 0.5) is 0 Å². The van der Waals surface area contributed by atoms with Crippen LogP contribution in [-0.4, -0.2) is 49.3 Å². The Morgan fingerprint density at radius 3 is 2.75 bits per heavy atom. The smallest absolute Gasteiger partial charge is 0.106 e. The summed E-state index contributed by atoms with van der Waals surface area (Å²) in [7, 11) is 1.45. The first-order valence-electron chi connectivity index (χ1n) is 3.82. The molecule has 0 atom stereocenters. The summed E-state index contributed by atoms with van der Waals surface area (Å²) in [6.07, 6.45) is 0. The second kappa shape index (κ2) is 3.84. The number of hydrogen-bond donors (Lipinski definition) is 3. The van der Waals surface area contributed by atoms with Crippen LogP contribution in [0.5, 0.6) is 0 Å². The maximum atomic E-state index is 9.08. The van der Waals surface area contributed by atoms with Gasteiger partial charge in [0.05, 0.1) is 24.3 Å². The summed E-state index contributed by atoms with van der Waals surface area (Å²) >= 11 is 0. The maximum absolute atomic E-state index is 9.08. The fourth-order valence-corrected chi connectivity index (χ4v) is 1.29. The summed E-state index contributed by atoms with van der Waals surface area (Å²) in [5, 5.41) is 24.9. The number of hydrogen-bond acceptors (Lipinski definition) is 5. The highest BCUT2D eigenvalue weighted by Gasteiger charge is 2.39. The SMILES string of the molecule is CON=C1CNCC1(CO)CO. The van der Waals surface area contributed by atoms with Crippen molar-refractivity contribution >= 4 is 5.71 Å². The zero-order chi connectivity index (χ0) is 9.03. The molecule has 0 radical (unpaired) electrons. The van der Waals surface area contributed by atoms with Crippen molar-refractivity contribution in [3.05, 3.63) is 0 Å². The highest BCUT2D eigenvalue weighted by molar-refractivity contribution is 5.94. The Labute approximate surface area is 71.0 Å². The number of aliphatic hydroxyl groups is 2. The Morgan fingerprint density at radius 1 is 1.58 bits per heavy atom. The molecule has 0 aromatic rings. The molecule has 5 heteroatoms. The Bertz CT molecular complexity index is 177. The highest BCUT2D eigenvalue weighted by Crippen LogP contribution is 2.21. The van der Waals surface area contributed by atoms with Crippen LogP contribution >= 0.6 is 0 Å². The minimum absolute atomic E-state index is 0.112. The van der Waals surface area contributed by atoms with Crippen molar-refractivity contribution in [2.75, 3.05) is 33.4 Å². The molecule has 0 aromatic carbocycles. The molecular formula is C7H14N2O3. The Hall–Kier alpha value is -0.650. The van der Waals surface area contributed by atoms with Gasteiger partial charge in [0.2, 0.25) is 0 Å². The zero-order valence-corrected chi connectivity index (χ0v) is 7.08. The van der Waals surface area contributed by atoms with Crippen LogP contribution in [0.1, 0.15) is 0 Å². The van der Waals surface area contributed by atoms with E-state index in [4.69, 9.17) is 10.2 Å². The van der Waals surface area contributed by atoms with Crippen LogP contribution in [0.3, 0.4) is 0 Å². The summed E-state index contributed by atoms with van der Waals surface area (Å²) in [5.41, 5.74) is 0.0470. The molecule has 0 amide bonds. The van der Waals surface area contributed by atoms with Crippen molar-refractivity contribution in [1.82, 2.24) is 5.32 Å². The number of oxime groups is 1. The molecule has 3 N–H and O–H groups in total. The third-order valence-corrected chi connectivity index (χ3v) is 2.17. The predicted molar refractivity (Wildman–Crippen MR) is 43.9 cm³/mol. The topological polar surface area (TPSA) is 74.1 Å². The van der Waals surface area contributed by atoms with Gasteiger partial charge in [-0.05, 0) is 0 Å². The number of aliphatic hydroxyl groups excluding tert-OH is 2. The molecule has 0 aliphatic carbocycles. The lowest BCUT2D eigenvalue weighted by Gasteiger charge is -2.22. The number of rotatable bonds is 3. The van der Waals surface area contributed by atoms with E-state index in [0.717, 1.165) is 0 Å². The van der Waals surface area contributed by atoms with Crippen molar-refractivity contribution in [3.63, 3.8) is 0 Å². The van der Waals surface area contributed by atoms with Gasteiger partial charge in [0.25, 0.3) is 0 Å². The molecule has 0 unspecified atom stereocenters. The average Bonchev–Trinajstić information content (AvgIpc) is 2.50. The van der Waals surface area contributed by atoms with E-state index < -0.39 is 5.41 Å². The summed E-state index contributed by atoms with van der Waals surface area (Å²) < 4.78 is 0. The molecule has 1 fully saturated rings. The lowest BCUT2D eigenvalue weighted by Crippen LogP contribution is -2.38. The first-order chi connectivity index (χ1) is 5.79. The van der Waals surface area contributed by atoms with E-state index in [1.54, 1.807) is 0 Å². The molecule has 1 heterocycles. The molecule has 1 aliphatic heterocycles. The minimum atomic E-state index is -0.629. The number of nitrogens with one attached hydrogen (secondary N) is 1. The quantitative estimate of drug-likeness (QED) is 0.458. The molecule has 1 saturated heterocycles. The van der Waals surface area contributed by atoms with E-state index in [0.29, 0.717) is 18.8 Å². The molecule has 0 spiro atoms. The summed E-state index contributed by atoms with van der Waals surface area (Å²) in [6.45, 7) is 0.883. The van der Waals surface area contributed by atoms with Crippen LogP contribution in [0, 0.1) is 5.41 Å². The summed E-state index contributed by atoms with van der Waals surface area (Å²) in [6, 6.07) is 0. The van der Waals surface area contributed by atoms with Crippen LogP contribution in [0.2, 0.25) is 0 Å². The van der Waals surface area contributed by atoms with Gasteiger partial charge in [-0.3, -0.25) is 0 Å². The fourth-order valence-electron chi connectivity index (χ4n) is 1.29. The Morgan fingerprint density at radius 2 is 2.25 bits per heavy atom. The minimum Gasteiger partial charge on any atom is -0.399 e. The third-order valence-electron chi connectivity index (χ3n) is 2.17. The highest BCUT2D eigenvalue weighted by atomic mass is 16.6. The predicted octanol–water partition coefficient (Wildman–Crippen LogP) is -1.44. The van der Waals surface area contributed by atoms with Gasteiger partial charge in [-0.15, -0.1) is 0 Å². The standard InChI is InChI=1S/C7H14N2O3/c1-12-9-6-2-8-3-7(6,4-10)5-11/h8,10-11H,2-5H2,1H3. The van der Waals surface area contributed by atoms with Gasteiger partial charge in [0.1, 0.15) is 7.11 Å². The Kier molecular flexibility index (Phi) is 3.02. The fraction of sp³-hybridized carbons (Fsp3) is 0.857. The van der Waals surface area contributed by atoms with Gasteiger partial charge in [0.15, 0.2) is 0 Å². The third kappa shape index (κ3) is 1.43. The summed E-state index contributed by atoms with van der Waals surface area (Å²) in [5.74, 6) is 0. The first kappa shape index (κ1) is 9.44. The molecule has 70 valence electrons. The molecule has 1 aliphatic rings. The van der Waals surface area contributed by atoms with E-state index in [9.17, 15) is 0 Å². The second-order valence-corrected chi connectivity index (χ2v) is 2.92. The lowest BCUT2D eigenvalue weighted by atomic mass is 9.87. The van der Waals surface area contributed by atoms with E-state index in [-0.39, 0.29) is 13.2 Å². The van der Waals surface area contributed by atoms with E-state index in [1.807, 2.05) is 0 Å². The average molecular weight is 174 g/mol. The first-order valence-corrected chi connectivity index (χ1v) is 3.82. The van der Waals surface area contributed by atoms with Crippen molar-refractivity contribution < 1.29 is 15.1 Å². The monoisotopic (exact) mass is 174 g/mol. The van der Waals surface area contributed by atoms with E-state index in [1.165, 1.54) is 7.11 Å². The maximum Gasteiger partial charge on any atom is 0.106 e. The van der Waals surface area contributed by atoms with Crippen LogP contribution in [0.15, 0.2) is 5.16 Å². The van der Waals surface area contributed by atoms with Crippen LogP contribution < -0.4 is 5.32 Å². The molecule has 0 aromatic heterocycles. The molecule has 1 rings (SSSR count). The van der Waals surface area contributed by atoms with Gasteiger partial charge < -0.3 is 20.4 Å². The van der Waals surface area contributed by atoms with Crippen molar-refractivity contribution in [2.45, 2.75) is 0 Å². The molecule has 0 bridgehead atoms. The van der Waals surface area contributed by atoms with Crippen molar-refractivity contribution in [1.29, 1.82) is 0 Å². The van der Waals surface area contributed by atoms with Gasteiger partial charge >= 0.3 is 0 Å². The molecule has 0 saturated carbocycles. The van der Waals surface area contributed by atoms with E-state index in [2.05, 4.69) is 15.3 Å². The van der Waals surface area contributed by atoms with Gasteiger partial charge in [-0.2, -0.15) is 0 Å². The lowest BCUT2D eigenvalue weighted by molar-refractivity contribution is 0.112. The van der Waals surface area contributed by atoms with Gasteiger partial charge in [-0.1, -0.05) is 5.16 Å². The summed E-state index contributed by atoms with van der Waals surface area (Å²) in [4.78, 5) is 4.61. The zero-order valence-electron chi connectivity index (χ0n) is 7.08. The molecule has 12 heavy (non-hydrogen) atoms. The van der Waals surface area contributed by atoms with Gasteiger partial charge in [-0.25, -0.2) is 0 Å². The van der Waals surface area contributed by atoms with E-state index >= 15 is 0 Å². The van der Waals surface area contributed by atoms with Crippen molar-refractivity contribution in [3.8, 4) is 0 Å². The van der Waals surface area contributed by atoms with Crippen molar-refractivity contribution in [2.24, 2.45) is 10.6 Å². The molecule has 5 nitrogen and oxygen atoms in total. The van der Waals surface area contributed by atoms with Crippen LogP contribution in [-0.2, 0) is 4.84 Å². The van der Waals surface area contributed by atoms with Crippen LogP contribution in [0.25, 0.3) is 0 Å². The van der Waals surface area contributed by atoms with Gasteiger partial charge in [0, 0.05) is 13.1 Å². The largest absolute Gasteiger partial charge is 0.399 e. The normalized spacial score (nSPS) is 24.8. The second-order valence-electron chi connectivity index (χ2n) is 2.92. The Balaban J connectivity index is 2.79. The molecular weight excluding hydrogens is 160 g/mol.